The number of para-hydroxylation sites is 1. The summed E-state index contributed by atoms with van der Waals surface area (Å²) in [6.45, 7) is 4.05. The van der Waals surface area contributed by atoms with E-state index in [1.165, 1.54) is 0 Å². The van der Waals surface area contributed by atoms with Crippen molar-refractivity contribution in [2.24, 2.45) is 0 Å². The Morgan fingerprint density at radius 1 is 1.29 bits per heavy atom. The van der Waals surface area contributed by atoms with Crippen molar-refractivity contribution in [1.29, 1.82) is 5.26 Å². The van der Waals surface area contributed by atoms with Crippen LogP contribution in [0.3, 0.4) is 0 Å². The van der Waals surface area contributed by atoms with Crippen LogP contribution in [-0.4, -0.2) is 0 Å². The highest BCUT2D eigenvalue weighted by Gasteiger charge is 2.15. The van der Waals surface area contributed by atoms with E-state index in [0.717, 1.165) is 16.7 Å². The molecule has 0 saturated heterocycles. The van der Waals surface area contributed by atoms with Gasteiger partial charge in [0.15, 0.2) is 0 Å². The van der Waals surface area contributed by atoms with Crippen LogP contribution in [0, 0.1) is 11.3 Å². The van der Waals surface area contributed by atoms with E-state index in [2.05, 4.69) is 6.07 Å². The highest BCUT2D eigenvalue weighted by molar-refractivity contribution is 5.85. The monoisotopic (exact) mass is 185 g/mol. The van der Waals surface area contributed by atoms with Crippen molar-refractivity contribution in [2.75, 3.05) is 0 Å². The second-order valence-electron chi connectivity index (χ2n) is 3.60. The molecule has 0 bridgehead atoms. The lowest BCUT2D eigenvalue weighted by atomic mass is 10.1. The lowest BCUT2D eigenvalue weighted by molar-refractivity contribution is 0.520. The summed E-state index contributed by atoms with van der Waals surface area (Å²) in [6, 6.07) is 9.85. The lowest BCUT2D eigenvalue weighted by Gasteiger charge is -1.98. The molecule has 2 aromatic rings. The molecular formula is C12H11NO. The number of hydrogen-bond donors (Lipinski definition) is 0. The van der Waals surface area contributed by atoms with Gasteiger partial charge in [0.2, 0.25) is 0 Å². The maximum Gasteiger partial charge on any atom is 0.135 e. The Labute approximate surface area is 82.8 Å². The molecule has 14 heavy (non-hydrogen) atoms. The van der Waals surface area contributed by atoms with Crippen molar-refractivity contribution in [3.05, 3.63) is 35.6 Å². The van der Waals surface area contributed by atoms with Gasteiger partial charge in [-0.15, -0.1) is 0 Å². The summed E-state index contributed by atoms with van der Waals surface area (Å²) in [6.07, 6.45) is 0. The molecule has 1 aromatic carbocycles. The van der Waals surface area contributed by atoms with E-state index in [1.807, 2.05) is 38.1 Å². The second-order valence-corrected chi connectivity index (χ2v) is 3.60. The molecule has 1 aromatic heterocycles. The topological polar surface area (TPSA) is 36.9 Å². The third kappa shape index (κ3) is 1.18. The highest BCUT2D eigenvalue weighted by atomic mass is 16.3. The summed E-state index contributed by atoms with van der Waals surface area (Å²) in [5.74, 6) is 1.03. The number of rotatable bonds is 1. The second kappa shape index (κ2) is 3.19. The van der Waals surface area contributed by atoms with Crippen LogP contribution >= 0.6 is 0 Å². The maximum atomic E-state index is 9.04. The molecule has 2 nitrogen and oxygen atoms in total. The minimum Gasteiger partial charge on any atom is -0.459 e. The van der Waals surface area contributed by atoms with Crippen molar-refractivity contribution >= 4 is 11.0 Å². The molecule has 0 fully saturated rings. The van der Waals surface area contributed by atoms with Crippen LogP contribution in [0.1, 0.15) is 31.1 Å². The zero-order chi connectivity index (χ0) is 10.1. The van der Waals surface area contributed by atoms with E-state index in [0.29, 0.717) is 5.56 Å². The predicted molar refractivity (Wildman–Crippen MR) is 55.0 cm³/mol. The minimum atomic E-state index is 0.247. The number of benzene rings is 1. The summed E-state index contributed by atoms with van der Waals surface area (Å²) in [5, 5.41) is 9.96. The average molecular weight is 185 g/mol. The first kappa shape index (κ1) is 8.83. The van der Waals surface area contributed by atoms with Gasteiger partial charge in [0.1, 0.15) is 23.0 Å². The molecule has 0 radical (unpaired) electrons. The van der Waals surface area contributed by atoms with Crippen molar-refractivity contribution in [1.82, 2.24) is 0 Å². The van der Waals surface area contributed by atoms with Gasteiger partial charge in [-0.25, -0.2) is 0 Å². The fourth-order valence-corrected chi connectivity index (χ4v) is 1.59. The van der Waals surface area contributed by atoms with Gasteiger partial charge < -0.3 is 4.42 Å². The number of furan rings is 1. The number of fused-ring (bicyclic) bond motifs is 1. The quantitative estimate of drug-likeness (QED) is 0.682. The Bertz CT molecular complexity index is 503. The van der Waals surface area contributed by atoms with Gasteiger partial charge in [0.25, 0.3) is 0 Å². The van der Waals surface area contributed by atoms with Crippen molar-refractivity contribution < 1.29 is 4.42 Å². The molecule has 0 aliphatic carbocycles. The van der Waals surface area contributed by atoms with E-state index in [9.17, 15) is 0 Å². The highest BCUT2D eigenvalue weighted by Crippen LogP contribution is 2.29. The van der Waals surface area contributed by atoms with Gasteiger partial charge >= 0.3 is 0 Å². The maximum absolute atomic E-state index is 9.04. The molecule has 0 aliphatic heterocycles. The van der Waals surface area contributed by atoms with E-state index >= 15 is 0 Å². The predicted octanol–water partition coefficient (Wildman–Crippen LogP) is 3.43. The van der Waals surface area contributed by atoms with E-state index in [1.54, 1.807) is 0 Å². The average Bonchev–Trinajstić information content (AvgIpc) is 2.56. The molecule has 0 saturated carbocycles. The Hall–Kier alpha value is -1.75. The first-order valence-corrected chi connectivity index (χ1v) is 4.65. The summed E-state index contributed by atoms with van der Waals surface area (Å²) in [7, 11) is 0. The SMILES string of the molecule is CC(C)c1oc2ccccc2c1C#N. The molecule has 0 spiro atoms. The molecule has 0 unspecified atom stereocenters. The third-order valence-electron chi connectivity index (χ3n) is 2.26. The van der Waals surface area contributed by atoms with E-state index < -0.39 is 0 Å². The molecule has 2 heteroatoms. The number of hydrogen-bond acceptors (Lipinski definition) is 2. The molecule has 70 valence electrons. The first-order valence-electron chi connectivity index (χ1n) is 4.65. The number of nitrogens with zero attached hydrogens (tertiary/aromatic N) is 1. The van der Waals surface area contributed by atoms with Crippen LogP contribution in [0.25, 0.3) is 11.0 Å². The molecule has 0 N–H and O–H groups in total. The molecule has 0 amide bonds. The molecule has 1 heterocycles. The standard InChI is InChI=1S/C12H11NO/c1-8(2)12-10(7-13)9-5-3-4-6-11(9)14-12/h3-6,8H,1-2H3. The lowest BCUT2D eigenvalue weighted by Crippen LogP contribution is -1.86. The van der Waals surface area contributed by atoms with Gasteiger partial charge in [0, 0.05) is 11.3 Å². The normalized spacial score (nSPS) is 10.7. The van der Waals surface area contributed by atoms with Crippen LogP contribution in [0.2, 0.25) is 0 Å². The van der Waals surface area contributed by atoms with Crippen LogP contribution in [0.5, 0.6) is 0 Å². The zero-order valence-electron chi connectivity index (χ0n) is 8.24. The van der Waals surface area contributed by atoms with Gasteiger partial charge in [0.05, 0.1) is 0 Å². The van der Waals surface area contributed by atoms with Crippen LogP contribution in [0.15, 0.2) is 28.7 Å². The van der Waals surface area contributed by atoms with Crippen LogP contribution in [0.4, 0.5) is 0 Å². The minimum absolute atomic E-state index is 0.247. The fraction of sp³-hybridized carbons (Fsp3) is 0.250. The van der Waals surface area contributed by atoms with Crippen molar-refractivity contribution in [2.45, 2.75) is 19.8 Å². The fourth-order valence-electron chi connectivity index (χ4n) is 1.59. The van der Waals surface area contributed by atoms with Gasteiger partial charge in [-0.1, -0.05) is 26.0 Å². The Balaban J connectivity index is 2.81. The Morgan fingerprint density at radius 3 is 2.64 bits per heavy atom. The summed E-state index contributed by atoms with van der Waals surface area (Å²) >= 11 is 0. The third-order valence-corrected chi connectivity index (χ3v) is 2.26. The largest absolute Gasteiger partial charge is 0.459 e. The van der Waals surface area contributed by atoms with E-state index in [4.69, 9.17) is 9.68 Å². The Kier molecular flexibility index (Phi) is 2.01. The Morgan fingerprint density at radius 2 is 2.00 bits per heavy atom. The smallest absolute Gasteiger partial charge is 0.135 e. The molecule has 0 aliphatic rings. The summed E-state index contributed by atoms with van der Waals surface area (Å²) in [4.78, 5) is 0. The molecule has 2 rings (SSSR count). The van der Waals surface area contributed by atoms with Crippen molar-refractivity contribution in [3.8, 4) is 6.07 Å². The summed E-state index contributed by atoms with van der Waals surface area (Å²) in [5.41, 5.74) is 1.48. The molecular weight excluding hydrogens is 174 g/mol. The van der Waals surface area contributed by atoms with Gasteiger partial charge in [-0.05, 0) is 12.1 Å². The van der Waals surface area contributed by atoms with E-state index in [-0.39, 0.29) is 5.92 Å². The van der Waals surface area contributed by atoms with Crippen LogP contribution < -0.4 is 0 Å². The number of nitriles is 1. The first-order chi connectivity index (χ1) is 6.74. The van der Waals surface area contributed by atoms with Gasteiger partial charge in [-0.3, -0.25) is 0 Å². The summed E-state index contributed by atoms with van der Waals surface area (Å²) < 4.78 is 5.63. The van der Waals surface area contributed by atoms with Crippen LogP contribution in [-0.2, 0) is 0 Å². The zero-order valence-corrected chi connectivity index (χ0v) is 8.24. The molecule has 0 atom stereocenters. The van der Waals surface area contributed by atoms with Gasteiger partial charge in [-0.2, -0.15) is 5.26 Å². The van der Waals surface area contributed by atoms with Crippen molar-refractivity contribution in [3.63, 3.8) is 0 Å².